The van der Waals surface area contributed by atoms with Crippen LogP contribution in [-0.4, -0.2) is 105 Å². The van der Waals surface area contributed by atoms with Crippen LogP contribution in [0.15, 0.2) is 0 Å². The molecule has 1 saturated carbocycles. The number of alkyl halides is 26. The summed E-state index contributed by atoms with van der Waals surface area (Å²) in [5.74, 6) is -71.4. The fourth-order valence-electron chi connectivity index (χ4n) is 5.57. The summed E-state index contributed by atoms with van der Waals surface area (Å²) in [6.45, 7) is 2.62. The van der Waals surface area contributed by atoms with Crippen LogP contribution < -0.4 is 0 Å². The van der Waals surface area contributed by atoms with Gasteiger partial charge in [0.1, 0.15) is 0 Å². The Bertz CT molecular complexity index is 1300. The zero-order valence-corrected chi connectivity index (χ0v) is 36.8. The van der Waals surface area contributed by atoms with Crippen LogP contribution in [0.25, 0.3) is 0 Å². The van der Waals surface area contributed by atoms with Crippen LogP contribution in [0.4, 0.5) is 105 Å². The smallest absolute Gasteiger partial charge is 0.380 e. The number of rotatable bonds is 26. The van der Waals surface area contributed by atoms with Crippen molar-refractivity contribution >= 4 is 45.2 Å². The molecule has 2 nitrogen and oxygen atoms in total. The second-order valence-corrected chi connectivity index (χ2v) is 18.0. The van der Waals surface area contributed by atoms with E-state index in [4.69, 9.17) is 9.47 Å². The van der Waals surface area contributed by atoms with E-state index in [0.29, 0.717) is 19.3 Å². The molecule has 0 aliphatic heterocycles. The molecule has 0 N–H and O–H groups in total. The van der Waals surface area contributed by atoms with Gasteiger partial charge in [0.05, 0.1) is 13.2 Å². The molecule has 0 aromatic carbocycles. The van der Waals surface area contributed by atoms with E-state index in [1.54, 1.807) is 0 Å². The van der Waals surface area contributed by atoms with E-state index in [-0.39, 0.29) is 13.2 Å². The average molecular weight is 1190 g/mol. The fourth-order valence-corrected chi connectivity index (χ4v) is 7.23. The lowest BCUT2D eigenvalue weighted by molar-refractivity contribution is -0.485. The third-order valence-corrected chi connectivity index (χ3v) is 11.0. The predicted octanol–water partition coefficient (Wildman–Crippen LogP) is 15.8. The third-order valence-electron chi connectivity index (χ3n) is 9.43. The molecule has 0 heterocycles. The molecule has 0 radical (unpaired) electrons. The van der Waals surface area contributed by atoms with Crippen molar-refractivity contribution in [2.75, 3.05) is 26.4 Å². The summed E-state index contributed by atoms with van der Waals surface area (Å²) in [5, 5.41) is 0. The molecule has 0 amide bonds. The molecular formula is C34H44F24I2O2. The van der Waals surface area contributed by atoms with Gasteiger partial charge in [0.25, 0.3) is 5.67 Å². The van der Waals surface area contributed by atoms with Gasteiger partial charge in [0, 0.05) is 33.9 Å². The molecule has 2 unspecified atom stereocenters. The molecule has 0 bridgehead atoms. The van der Waals surface area contributed by atoms with Crippen LogP contribution in [0, 0.1) is 0 Å². The first-order chi connectivity index (χ1) is 27.7. The maximum atomic E-state index is 14.6. The maximum Gasteiger partial charge on any atom is 0.460 e. The van der Waals surface area contributed by atoms with Crippen LogP contribution in [-0.2, 0) is 9.47 Å². The minimum atomic E-state index is -7.86. The molecule has 374 valence electrons. The second-order valence-electron chi connectivity index (χ2n) is 14.5. The second kappa shape index (κ2) is 22.7. The highest BCUT2D eigenvalue weighted by Gasteiger charge is 3.01. The Balaban J connectivity index is 0.00000120. The molecule has 1 aliphatic carbocycles. The lowest BCUT2D eigenvalue weighted by atomic mass is 9.70. The number of unbranched alkanes of at least 4 members (excludes halogenated alkanes) is 10. The Kier molecular flexibility index (Phi) is 22.6. The van der Waals surface area contributed by atoms with Crippen LogP contribution in [0.2, 0.25) is 0 Å². The standard InChI is InChI=1S/C17H22F13IO.C17H22F11IO/c1-2-3-4-5-6-7-8-32-10-11(31)9-12(18,19)13(20,21)14(22,23)15(24,25)16(26,27)17(28,29)30;1-2-3-4-5-6-7-8-30-10-11(29)9-12(18)13(19,20)15(23,24)17(27,28)16(25,26)14(12,21)22/h11H,2-10H2,1H3;11H,2-10H2,1H3. The third kappa shape index (κ3) is 12.4. The van der Waals surface area contributed by atoms with Crippen LogP contribution in [0.5, 0.6) is 0 Å². The Labute approximate surface area is 368 Å². The molecule has 1 fully saturated rings. The summed E-state index contributed by atoms with van der Waals surface area (Å²) in [7, 11) is 0. The average Bonchev–Trinajstić information content (AvgIpc) is 3.12. The highest BCUT2D eigenvalue weighted by Crippen LogP contribution is 2.70. The van der Waals surface area contributed by atoms with Gasteiger partial charge >= 0.3 is 65.4 Å². The van der Waals surface area contributed by atoms with E-state index in [1.807, 2.05) is 13.8 Å². The van der Waals surface area contributed by atoms with Crippen molar-refractivity contribution in [2.24, 2.45) is 0 Å². The number of hydrogen-bond donors (Lipinski definition) is 0. The molecule has 0 saturated heterocycles. The SMILES string of the molecule is CCCCCCCCOCC(I)CC(F)(F)C(F)(F)C(F)(F)C(F)(F)C(F)(F)C(F)(F)F.CCCCCCCCOCC(I)CC1(F)C(F)(F)C(F)(F)C(F)(F)C(F)(F)C1(F)F. The summed E-state index contributed by atoms with van der Waals surface area (Å²) in [6, 6.07) is 0. The van der Waals surface area contributed by atoms with Crippen LogP contribution in [0.1, 0.15) is 104 Å². The molecule has 1 rings (SSSR count). The molecule has 0 aromatic rings. The topological polar surface area (TPSA) is 18.5 Å². The largest absolute Gasteiger partial charge is 0.460 e. The summed E-state index contributed by atoms with van der Waals surface area (Å²) in [6.07, 6.45) is -1.85. The molecular weight excluding hydrogens is 1150 g/mol. The van der Waals surface area contributed by atoms with Gasteiger partial charge in [-0.15, -0.1) is 0 Å². The van der Waals surface area contributed by atoms with Crippen molar-refractivity contribution < 1.29 is 115 Å². The van der Waals surface area contributed by atoms with Gasteiger partial charge in [-0.2, -0.15) is 101 Å². The minimum Gasteiger partial charge on any atom is -0.380 e. The van der Waals surface area contributed by atoms with Crippen molar-refractivity contribution in [1.29, 1.82) is 0 Å². The van der Waals surface area contributed by atoms with Gasteiger partial charge in [0.2, 0.25) is 0 Å². The van der Waals surface area contributed by atoms with Gasteiger partial charge in [0.15, 0.2) is 0 Å². The first kappa shape index (κ1) is 61.7. The molecule has 0 aromatic heterocycles. The predicted molar refractivity (Wildman–Crippen MR) is 193 cm³/mol. The van der Waals surface area contributed by atoms with Gasteiger partial charge < -0.3 is 9.47 Å². The minimum absolute atomic E-state index is 0.000370. The van der Waals surface area contributed by atoms with Crippen LogP contribution >= 0.6 is 45.2 Å². The highest BCUT2D eigenvalue weighted by atomic mass is 127. The molecule has 28 heteroatoms. The normalized spacial score (nSPS) is 20.9. The van der Waals surface area contributed by atoms with Gasteiger partial charge in [-0.1, -0.05) is 123 Å². The Morgan fingerprint density at radius 2 is 0.710 bits per heavy atom. The van der Waals surface area contributed by atoms with E-state index in [2.05, 4.69) is 0 Å². The van der Waals surface area contributed by atoms with E-state index in [1.165, 1.54) is 0 Å². The summed E-state index contributed by atoms with van der Waals surface area (Å²) < 4.78 is 326. The Morgan fingerprint density at radius 1 is 0.403 bits per heavy atom. The van der Waals surface area contributed by atoms with Gasteiger partial charge in [-0.3, -0.25) is 0 Å². The first-order valence-electron chi connectivity index (χ1n) is 18.6. The summed E-state index contributed by atoms with van der Waals surface area (Å²) in [5.41, 5.74) is -5.93. The zero-order valence-electron chi connectivity index (χ0n) is 32.5. The lowest BCUT2D eigenvalue weighted by Gasteiger charge is -2.53. The molecule has 2 atom stereocenters. The van der Waals surface area contributed by atoms with Gasteiger partial charge in [-0.05, 0) is 12.8 Å². The molecule has 1 aliphatic rings. The van der Waals surface area contributed by atoms with Crippen molar-refractivity contribution in [2.45, 2.75) is 183 Å². The molecule has 0 spiro atoms. The number of ether oxygens (including phenoxy) is 2. The fraction of sp³-hybridized carbons (Fsp3) is 1.00. The lowest BCUT2D eigenvalue weighted by Crippen LogP contribution is -2.83. The van der Waals surface area contributed by atoms with E-state index in [0.717, 1.165) is 103 Å². The first-order valence-corrected chi connectivity index (χ1v) is 21.1. The van der Waals surface area contributed by atoms with Crippen molar-refractivity contribution in [3.8, 4) is 0 Å². The number of hydrogen-bond acceptors (Lipinski definition) is 2. The summed E-state index contributed by atoms with van der Waals surface area (Å²) >= 11 is 2.16. The Hall–Kier alpha value is -0.300. The quantitative estimate of drug-likeness (QED) is 0.0372. The van der Waals surface area contributed by atoms with Crippen molar-refractivity contribution in [3.05, 3.63) is 0 Å². The van der Waals surface area contributed by atoms with Crippen LogP contribution in [0.3, 0.4) is 0 Å². The van der Waals surface area contributed by atoms with E-state index < -0.39 is 105 Å². The zero-order chi connectivity index (χ0) is 49.3. The number of halogens is 26. The maximum absolute atomic E-state index is 14.6. The highest BCUT2D eigenvalue weighted by molar-refractivity contribution is 14.1. The Morgan fingerprint density at radius 3 is 1.06 bits per heavy atom. The van der Waals surface area contributed by atoms with E-state index in [9.17, 15) is 105 Å². The van der Waals surface area contributed by atoms with Crippen molar-refractivity contribution in [1.82, 2.24) is 0 Å². The van der Waals surface area contributed by atoms with Crippen molar-refractivity contribution in [3.63, 3.8) is 0 Å². The summed E-state index contributed by atoms with van der Waals surface area (Å²) in [4.78, 5) is 0. The monoisotopic (exact) mass is 1190 g/mol. The van der Waals surface area contributed by atoms with E-state index >= 15 is 0 Å². The molecule has 62 heavy (non-hydrogen) atoms. The van der Waals surface area contributed by atoms with Gasteiger partial charge in [-0.25, -0.2) is 4.39 Å².